The lowest BCUT2D eigenvalue weighted by Gasteiger charge is -2.06. The third kappa shape index (κ3) is 1.27. The Morgan fingerprint density at radius 3 is 3.00 bits per heavy atom. The fourth-order valence-electron chi connectivity index (χ4n) is 1.87. The van der Waals surface area contributed by atoms with Crippen LogP contribution in [0.15, 0.2) is 23.5 Å². The summed E-state index contributed by atoms with van der Waals surface area (Å²) >= 11 is 0. The van der Waals surface area contributed by atoms with Crippen molar-refractivity contribution >= 4 is 5.71 Å². The van der Waals surface area contributed by atoms with E-state index in [1.54, 1.807) is 6.20 Å². The van der Waals surface area contributed by atoms with E-state index in [1.165, 1.54) is 12.8 Å². The molecule has 1 aromatic heterocycles. The van der Waals surface area contributed by atoms with Crippen molar-refractivity contribution in [1.29, 1.82) is 0 Å². The fourth-order valence-corrected chi connectivity index (χ4v) is 1.87. The molecule has 2 heterocycles. The first kappa shape index (κ1) is 7.91. The standard InChI is InChI=1S/C10H11N3O/c1-2-9(12-11-5-1)10-8(6-14-13-10)7-3-4-7/h1-2,5,7-8H,3-4,6H2. The number of aromatic nitrogens is 2. The molecule has 0 spiro atoms. The van der Waals surface area contributed by atoms with Gasteiger partial charge in [-0.2, -0.15) is 5.10 Å². The van der Waals surface area contributed by atoms with Crippen LogP contribution in [0.25, 0.3) is 0 Å². The quantitative estimate of drug-likeness (QED) is 0.703. The van der Waals surface area contributed by atoms with E-state index >= 15 is 0 Å². The van der Waals surface area contributed by atoms with Crippen LogP contribution in [0, 0.1) is 11.8 Å². The van der Waals surface area contributed by atoms with Crippen LogP contribution in [-0.4, -0.2) is 22.5 Å². The number of hydrogen-bond acceptors (Lipinski definition) is 4. The summed E-state index contributed by atoms with van der Waals surface area (Å²) in [4.78, 5) is 5.15. The van der Waals surface area contributed by atoms with Crippen molar-refractivity contribution in [3.8, 4) is 0 Å². The molecule has 0 aromatic carbocycles. The third-order valence-electron chi connectivity index (χ3n) is 2.79. The van der Waals surface area contributed by atoms with Crippen molar-refractivity contribution in [2.24, 2.45) is 17.0 Å². The van der Waals surface area contributed by atoms with Crippen LogP contribution in [0.3, 0.4) is 0 Å². The summed E-state index contributed by atoms with van der Waals surface area (Å²) in [6.07, 6.45) is 4.27. The van der Waals surface area contributed by atoms with Gasteiger partial charge in [-0.1, -0.05) is 5.16 Å². The highest BCUT2D eigenvalue weighted by Crippen LogP contribution is 2.40. The van der Waals surface area contributed by atoms with E-state index in [0.717, 1.165) is 23.9 Å². The molecule has 0 bridgehead atoms. The molecule has 2 aliphatic rings. The molecular formula is C10H11N3O. The predicted octanol–water partition coefficient (Wildman–Crippen LogP) is 1.24. The van der Waals surface area contributed by atoms with Gasteiger partial charge in [0.25, 0.3) is 0 Å². The molecule has 0 radical (unpaired) electrons. The first-order valence-corrected chi connectivity index (χ1v) is 4.93. The largest absolute Gasteiger partial charge is 0.395 e. The van der Waals surface area contributed by atoms with Gasteiger partial charge in [0, 0.05) is 12.1 Å². The van der Waals surface area contributed by atoms with Crippen molar-refractivity contribution in [2.75, 3.05) is 6.61 Å². The molecule has 1 aromatic rings. The second-order valence-corrected chi connectivity index (χ2v) is 3.83. The molecule has 0 N–H and O–H groups in total. The van der Waals surface area contributed by atoms with Crippen molar-refractivity contribution in [1.82, 2.24) is 10.2 Å². The normalized spacial score (nSPS) is 25.7. The second-order valence-electron chi connectivity index (χ2n) is 3.83. The first-order chi connectivity index (χ1) is 6.95. The SMILES string of the molecule is c1cnnc(C2=NOCC2C2CC2)c1. The molecule has 4 nitrogen and oxygen atoms in total. The lowest BCUT2D eigenvalue weighted by atomic mass is 9.97. The van der Waals surface area contributed by atoms with Gasteiger partial charge in [-0.3, -0.25) is 0 Å². The Kier molecular flexibility index (Phi) is 1.72. The summed E-state index contributed by atoms with van der Waals surface area (Å²) < 4.78 is 0. The van der Waals surface area contributed by atoms with E-state index in [1.807, 2.05) is 12.1 Å². The number of oxime groups is 1. The Bertz CT molecular complexity index is 359. The summed E-state index contributed by atoms with van der Waals surface area (Å²) in [6, 6.07) is 3.82. The highest BCUT2D eigenvalue weighted by Gasteiger charge is 2.39. The molecule has 1 saturated carbocycles. The molecule has 72 valence electrons. The topological polar surface area (TPSA) is 47.4 Å². The molecule has 1 aliphatic heterocycles. The first-order valence-electron chi connectivity index (χ1n) is 4.93. The van der Waals surface area contributed by atoms with Crippen molar-refractivity contribution < 1.29 is 4.84 Å². The van der Waals surface area contributed by atoms with E-state index < -0.39 is 0 Å². The Balaban J connectivity index is 1.90. The Morgan fingerprint density at radius 2 is 2.29 bits per heavy atom. The third-order valence-corrected chi connectivity index (χ3v) is 2.79. The van der Waals surface area contributed by atoms with Gasteiger partial charge in [0.05, 0.1) is 0 Å². The van der Waals surface area contributed by atoms with E-state index in [4.69, 9.17) is 4.84 Å². The molecular weight excluding hydrogens is 178 g/mol. The second kappa shape index (κ2) is 3.04. The van der Waals surface area contributed by atoms with Crippen LogP contribution >= 0.6 is 0 Å². The zero-order valence-corrected chi connectivity index (χ0v) is 7.76. The van der Waals surface area contributed by atoms with Crippen LogP contribution in [0.1, 0.15) is 18.5 Å². The van der Waals surface area contributed by atoms with E-state index in [0.29, 0.717) is 5.92 Å². The van der Waals surface area contributed by atoms with Gasteiger partial charge >= 0.3 is 0 Å². The zero-order chi connectivity index (χ0) is 9.38. The maximum Gasteiger partial charge on any atom is 0.126 e. The highest BCUT2D eigenvalue weighted by atomic mass is 16.6. The van der Waals surface area contributed by atoms with Crippen molar-refractivity contribution in [2.45, 2.75) is 12.8 Å². The average molecular weight is 189 g/mol. The summed E-state index contributed by atoms with van der Waals surface area (Å²) in [5, 5.41) is 12.0. The highest BCUT2D eigenvalue weighted by molar-refractivity contribution is 6.01. The monoisotopic (exact) mass is 189 g/mol. The van der Waals surface area contributed by atoms with Gasteiger partial charge in [0.15, 0.2) is 0 Å². The molecule has 14 heavy (non-hydrogen) atoms. The van der Waals surface area contributed by atoms with Gasteiger partial charge in [0.1, 0.15) is 18.0 Å². The van der Waals surface area contributed by atoms with E-state index in [-0.39, 0.29) is 0 Å². The maximum atomic E-state index is 5.15. The van der Waals surface area contributed by atoms with Crippen LogP contribution in [0.5, 0.6) is 0 Å². The Labute approximate surface area is 82.0 Å². The molecule has 3 rings (SSSR count). The zero-order valence-electron chi connectivity index (χ0n) is 7.76. The van der Waals surface area contributed by atoms with Gasteiger partial charge in [-0.25, -0.2) is 0 Å². The van der Waals surface area contributed by atoms with Crippen LogP contribution < -0.4 is 0 Å². The molecule has 0 amide bonds. The van der Waals surface area contributed by atoms with Crippen molar-refractivity contribution in [3.63, 3.8) is 0 Å². The smallest absolute Gasteiger partial charge is 0.126 e. The number of nitrogens with zero attached hydrogens (tertiary/aromatic N) is 3. The van der Waals surface area contributed by atoms with E-state index in [2.05, 4.69) is 15.4 Å². The molecule has 4 heteroatoms. The maximum absolute atomic E-state index is 5.15. The molecule has 1 aliphatic carbocycles. The van der Waals surface area contributed by atoms with Crippen molar-refractivity contribution in [3.05, 3.63) is 24.0 Å². The molecule has 1 fully saturated rings. The Hall–Kier alpha value is -1.45. The average Bonchev–Trinajstić information content (AvgIpc) is 2.98. The minimum absolute atomic E-state index is 0.451. The molecule has 1 atom stereocenters. The summed E-state index contributed by atoms with van der Waals surface area (Å²) in [5.41, 5.74) is 1.85. The minimum atomic E-state index is 0.451. The fraction of sp³-hybridized carbons (Fsp3) is 0.500. The number of rotatable bonds is 2. The van der Waals surface area contributed by atoms with Crippen LogP contribution in [0.2, 0.25) is 0 Å². The lowest BCUT2D eigenvalue weighted by molar-refractivity contribution is 0.150. The number of hydrogen-bond donors (Lipinski definition) is 0. The lowest BCUT2D eigenvalue weighted by Crippen LogP contribution is -2.17. The summed E-state index contributed by atoms with van der Waals surface area (Å²) in [7, 11) is 0. The van der Waals surface area contributed by atoms with Crippen LogP contribution in [-0.2, 0) is 4.84 Å². The summed E-state index contributed by atoms with van der Waals surface area (Å²) in [5.74, 6) is 1.21. The minimum Gasteiger partial charge on any atom is -0.395 e. The predicted molar refractivity (Wildman–Crippen MR) is 50.7 cm³/mol. The van der Waals surface area contributed by atoms with Crippen LogP contribution in [0.4, 0.5) is 0 Å². The molecule has 0 saturated heterocycles. The van der Waals surface area contributed by atoms with E-state index in [9.17, 15) is 0 Å². The van der Waals surface area contributed by atoms with Gasteiger partial charge in [0.2, 0.25) is 0 Å². The van der Waals surface area contributed by atoms with Gasteiger partial charge in [-0.15, -0.1) is 5.10 Å². The Morgan fingerprint density at radius 1 is 1.36 bits per heavy atom. The van der Waals surface area contributed by atoms with Gasteiger partial charge in [-0.05, 0) is 30.9 Å². The molecule has 1 unspecified atom stereocenters. The van der Waals surface area contributed by atoms with Gasteiger partial charge < -0.3 is 4.84 Å². The summed E-state index contributed by atoms with van der Waals surface area (Å²) in [6.45, 7) is 0.719.